The van der Waals surface area contributed by atoms with Gasteiger partial charge in [0.1, 0.15) is 0 Å². The number of hydrogen-bond donors (Lipinski definition) is 2. The SMILES string of the molecule is CCC(CC(=O)NC1CCC(O)CC1)SCc1nnnn1C. The number of tetrazole rings is 1. The Bertz CT molecular complexity index is 474. The van der Waals surface area contributed by atoms with Crippen molar-refractivity contribution in [2.75, 3.05) is 0 Å². The second-order valence-corrected chi connectivity index (χ2v) is 7.13. The molecule has 124 valence electrons. The third-order valence-corrected chi connectivity index (χ3v) is 5.48. The van der Waals surface area contributed by atoms with Gasteiger partial charge >= 0.3 is 0 Å². The van der Waals surface area contributed by atoms with E-state index in [9.17, 15) is 9.90 Å². The summed E-state index contributed by atoms with van der Waals surface area (Å²) in [4.78, 5) is 12.2. The maximum Gasteiger partial charge on any atom is 0.221 e. The predicted molar refractivity (Wildman–Crippen MR) is 85.2 cm³/mol. The Morgan fingerprint density at radius 2 is 2.18 bits per heavy atom. The van der Waals surface area contributed by atoms with E-state index in [0.717, 1.165) is 37.9 Å². The van der Waals surface area contributed by atoms with E-state index in [4.69, 9.17) is 0 Å². The third kappa shape index (κ3) is 5.24. The molecular weight excluding hydrogens is 302 g/mol. The Hall–Kier alpha value is -1.15. The van der Waals surface area contributed by atoms with Crippen molar-refractivity contribution in [2.24, 2.45) is 7.05 Å². The summed E-state index contributed by atoms with van der Waals surface area (Å²) in [6, 6.07) is 0.223. The molecule has 1 saturated carbocycles. The zero-order chi connectivity index (χ0) is 15.9. The van der Waals surface area contributed by atoms with Gasteiger partial charge in [0.05, 0.1) is 11.9 Å². The number of rotatable bonds is 7. The second-order valence-electron chi connectivity index (χ2n) is 5.84. The molecule has 0 aliphatic heterocycles. The Labute approximate surface area is 135 Å². The van der Waals surface area contributed by atoms with Crippen molar-refractivity contribution in [2.45, 2.75) is 68.6 Å². The number of carbonyl (C=O) groups excluding carboxylic acids is 1. The van der Waals surface area contributed by atoms with Gasteiger partial charge in [-0.2, -0.15) is 0 Å². The molecule has 2 N–H and O–H groups in total. The maximum atomic E-state index is 12.2. The van der Waals surface area contributed by atoms with Gasteiger partial charge in [-0.1, -0.05) is 6.92 Å². The molecule has 1 aliphatic rings. The molecule has 0 radical (unpaired) electrons. The van der Waals surface area contributed by atoms with E-state index in [0.29, 0.717) is 12.2 Å². The minimum atomic E-state index is -0.188. The van der Waals surface area contributed by atoms with Crippen molar-refractivity contribution in [1.29, 1.82) is 0 Å². The fraction of sp³-hybridized carbons (Fsp3) is 0.857. The Morgan fingerprint density at radius 1 is 1.45 bits per heavy atom. The highest BCUT2D eigenvalue weighted by atomic mass is 32.2. The lowest BCUT2D eigenvalue weighted by Crippen LogP contribution is -2.39. The molecule has 1 heterocycles. The van der Waals surface area contributed by atoms with Crippen LogP contribution in [-0.4, -0.2) is 48.6 Å². The zero-order valence-corrected chi connectivity index (χ0v) is 14.1. The molecule has 1 unspecified atom stereocenters. The maximum absolute atomic E-state index is 12.2. The molecule has 7 nitrogen and oxygen atoms in total. The quantitative estimate of drug-likeness (QED) is 0.777. The van der Waals surface area contributed by atoms with E-state index in [2.05, 4.69) is 27.8 Å². The van der Waals surface area contributed by atoms with E-state index in [1.54, 1.807) is 16.4 Å². The average Bonchev–Trinajstić information content (AvgIpc) is 2.91. The number of aliphatic hydroxyl groups excluding tert-OH is 1. The van der Waals surface area contributed by atoms with Crippen LogP contribution in [0.25, 0.3) is 0 Å². The highest BCUT2D eigenvalue weighted by Crippen LogP contribution is 2.23. The number of aliphatic hydroxyl groups is 1. The molecule has 8 heteroatoms. The van der Waals surface area contributed by atoms with Crippen molar-refractivity contribution in [1.82, 2.24) is 25.5 Å². The van der Waals surface area contributed by atoms with Crippen molar-refractivity contribution < 1.29 is 9.90 Å². The smallest absolute Gasteiger partial charge is 0.221 e. The lowest BCUT2D eigenvalue weighted by atomic mass is 9.93. The molecule has 0 saturated heterocycles. The van der Waals surface area contributed by atoms with Gasteiger partial charge in [0, 0.05) is 24.8 Å². The van der Waals surface area contributed by atoms with Crippen molar-refractivity contribution in [3.8, 4) is 0 Å². The van der Waals surface area contributed by atoms with Gasteiger partial charge in [-0.05, 0) is 42.5 Å². The van der Waals surface area contributed by atoms with Crippen LogP contribution in [0.3, 0.4) is 0 Å². The van der Waals surface area contributed by atoms with Gasteiger partial charge in [-0.3, -0.25) is 4.79 Å². The summed E-state index contributed by atoms with van der Waals surface area (Å²) in [5.74, 6) is 1.65. The van der Waals surface area contributed by atoms with E-state index < -0.39 is 0 Å². The van der Waals surface area contributed by atoms with Crippen molar-refractivity contribution in [3.63, 3.8) is 0 Å². The summed E-state index contributed by atoms with van der Waals surface area (Å²) in [5, 5.41) is 24.2. The van der Waals surface area contributed by atoms with Gasteiger partial charge in [-0.25, -0.2) is 4.68 Å². The summed E-state index contributed by atoms with van der Waals surface area (Å²) in [7, 11) is 1.82. The lowest BCUT2D eigenvalue weighted by molar-refractivity contribution is -0.122. The van der Waals surface area contributed by atoms with Crippen LogP contribution in [-0.2, 0) is 17.6 Å². The predicted octanol–water partition coefficient (Wildman–Crippen LogP) is 1.03. The second kappa shape index (κ2) is 8.47. The molecule has 0 aromatic carbocycles. The molecule has 2 rings (SSSR count). The first-order valence-electron chi connectivity index (χ1n) is 7.88. The Morgan fingerprint density at radius 3 is 2.77 bits per heavy atom. The fourth-order valence-electron chi connectivity index (χ4n) is 2.60. The van der Waals surface area contributed by atoms with Gasteiger partial charge in [0.15, 0.2) is 5.82 Å². The summed E-state index contributed by atoms with van der Waals surface area (Å²) in [5.41, 5.74) is 0. The molecule has 22 heavy (non-hydrogen) atoms. The number of hydrogen-bond acceptors (Lipinski definition) is 6. The van der Waals surface area contributed by atoms with Gasteiger partial charge in [-0.15, -0.1) is 16.9 Å². The first kappa shape index (κ1) is 17.2. The van der Waals surface area contributed by atoms with Gasteiger partial charge in [0.2, 0.25) is 5.91 Å². The highest BCUT2D eigenvalue weighted by Gasteiger charge is 2.22. The number of nitrogens with one attached hydrogen (secondary N) is 1. The summed E-state index contributed by atoms with van der Waals surface area (Å²) in [6.45, 7) is 2.09. The average molecular weight is 327 g/mol. The van der Waals surface area contributed by atoms with Crippen molar-refractivity contribution >= 4 is 17.7 Å². The third-order valence-electron chi connectivity index (χ3n) is 4.09. The summed E-state index contributed by atoms with van der Waals surface area (Å²) in [6.07, 6.45) is 4.60. The van der Waals surface area contributed by atoms with Crippen LogP contribution in [0.1, 0.15) is 51.3 Å². The largest absolute Gasteiger partial charge is 0.393 e. The van der Waals surface area contributed by atoms with Crippen LogP contribution >= 0.6 is 11.8 Å². The van der Waals surface area contributed by atoms with Crippen LogP contribution < -0.4 is 5.32 Å². The van der Waals surface area contributed by atoms with E-state index >= 15 is 0 Å². The van der Waals surface area contributed by atoms with Gasteiger partial charge in [0.25, 0.3) is 0 Å². The number of aromatic nitrogens is 4. The first-order chi connectivity index (χ1) is 10.6. The lowest BCUT2D eigenvalue weighted by Gasteiger charge is -2.26. The van der Waals surface area contributed by atoms with Crippen LogP contribution in [0.15, 0.2) is 0 Å². The first-order valence-corrected chi connectivity index (χ1v) is 8.93. The van der Waals surface area contributed by atoms with E-state index in [1.807, 2.05) is 7.05 Å². The molecule has 0 bridgehead atoms. The minimum Gasteiger partial charge on any atom is -0.393 e. The fourth-order valence-corrected chi connectivity index (χ4v) is 3.73. The molecule has 1 aromatic heterocycles. The zero-order valence-electron chi connectivity index (χ0n) is 13.2. The molecular formula is C14H25N5O2S. The summed E-state index contributed by atoms with van der Waals surface area (Å²) >= 11 is 1.72. The van der Waals surface area contributed by atoms with E-state index in [1.165, 1.54) is 0 Å². The van der Waals surface area contributed by atoms with E-state index in [-0.39, 0.29) is 23.3 Å². The van der Waals surface area contributed by atoms with Crippen molar-refractivity contribution in [3.05, 3.63) is 5.82 Å². The monoisotopic (exact) mass is 327 g/mol. The van der Waals surface area contributed by atoms with Crippen LogP contribution in [0.5, 0.6) is 0 Å². The van der Waals surface area contributed by atoms with Gasteiger partial charge < -0.3 is 10.4 Å². The molecule has 1 aromatic rings. The number of nitrogens with zero attached hydrogens (tertiary/aromatic N) is 4. The molecule has 1 amide bonds. The number of carbonyl (C=O) groups is 1. The molecule has 0 spiro atoms. The number of thioether (sulfide) groups is 1. The number of amides is 1. The highest BCUT2D eigenvalue weighted by molar-refractivity contribution is 7.99. The Balaban J connectivity index is 1.72. The standard InChI is InChI=1S/C14H25N5O2S/c1-3-12(22-9-13-16-17-18-19(13)2)8-14(21)15-10-4-6-11(20)7-5-10/h10-12,20H,3-9H2,1-2H3,(H,15,21). The topological polar surface area (TPSA) is 92.9 Å². The number of aryl methyl sites for hydroxylation is 1. The molecule has 1 aliphatic carbocycles. The van der Waals surface area contributed by atoms with Crippen LogP contribution in [0, 0.1) is 0 Å². The Kier molecular flexibility index (Phi) is 6.63. The normalized spacial score (nSPS) is 23.2. The summed E-state index contributed by atoms with van der Waals surface area (Å²) < 4.78 is 1.66. The van der Waals surface area contributed by atoms with Crippen LogP contribution in [0.2, 0.25) is 0 Å². The molecule has 1 fully saturated rings. The van der Waals surface area contributed by atoms with Crippen LogP contribution in [0.4, 0.5) is 0 Å². The molecule has 1 atom stereocenters. The minimum absolute atomic E-state index is 0.108.